The van der Waals surface area contributed by atoms with Crippen LogP contribution in [0.4, 0.5) is 0 Å². The molecule has 2 rings (SSSR count). The van der Waals surface area contributed by atoms with E-state index in [4.69, 9.17) is 0 Å². The zero-order valence-corrected chi connectivity index (χ0v) is 11.5. The molecule has 0 N–H and O–H groups in total. The summed E-state index contributed by atoms with van der Waals surface area (Å²) in [5, 5.41) is 0. The minimum absolute atomic E-state index is 0.403. The smallest absolute Gasteiger partial charge is 0.150 e. The third kappa shape index (κ3) is 4.82. The number of hydrogen-bond donors (Lipinski definition) is 0. The van der Waals surface area contributed by atoms with Gasteiger partial charge in [0.25, 0.3) is 0 Å². The first-order valence-corrected chi connectivity index (χ1v) is 9.25. The van der Waals surface area contributed by atoms with Gasteiger partial charge in [0.05, 0.1) is 23.0 Å². The van der Waals surface area contributed by atoms with Crippen LogP contribution in [0.1, 0.15) is 26.7 Å². The first-order chi connectivity index (χ1) is 7.20. The zero-order valence-electron chi connectivity index (χ0n) is 9.85. The predicted octanol–water partition coefficient (Wildman–Crippen LogP) is 0.882. The summed E-state index contributed by atoms with van der Waals surface area (Å²) in [7, 11) is -5.19. The Morgan fingerprint density at radius 3 is 1.12 bits per heavy atom. The Labute approximate surface area is 98.3 Å². The lowest BCUT2D eigenvalue weighted by molar-refractivity contribution is 0.597. The average Bonchev–Trinajstić information content (AvgIpc) is 2.56. The Balaban J connectivity index is 0.000000160. The van der Waals surface area contributed by atoms with Gasteiger partial charge in [0.1, 0.15) is 0 Å². The van der Waals surface area contributed by atoms with Crippen LogP contribution in [-0.4, -0.2) is 39.8 Å². The maximum absolute atomic E-state index is 10.6. The molecule has 0 aromatic rings. The van der Waals surface area contributed by atoms with Crippen molar-refractivity contribution in [2.24, 2.45) is 11.8 Å². The van der Waals surface area contributed by atoms with Gasteiger partial charge < -0.3 is 0 Å². The van der Waals surface area contributed by atoms with Crippen molar-refractivity contribution in [3.63, 3.8) is 0 Å². The molecule has 16 heavy (non-hydrogen) atoms. The first-order valence-electron chi connectivity index (χ1n) is 5.61. The van der Waals surface area contributed by atoms with Gasteiger partial charge in [-0.1, -0.05) is 13.8 Å². The average molecular weight is 268 g/mol. The summed E-state index contributed by atoms with van der Waals surface area (Å²) in [5.41, 5.74) is 0. The molecular weight excluding hydrogens is 248 g/mol. The van der Waals surface area contributed by atoms with Crippen molar-refractivity contribution in [1.82, 2.24) is 0 Å². The van der Waals surface area contributed by atoms with Gasteiger partial charge in [0.15, 0.2) is 19.7 Å². The fourth-order valence-corrected chi connectivity index (χ4v) is 5.89. The second-order valence-corrected chi connectivity index (χ2v) is 9.47. The van der Waals surface area contributed by atoms with Gasteiger partial charge in [-0.25, -0.2) is 16.8 Å². The quantitative estimate of drug-likeness (QED) is 0.654. The molecule has 0 radical (unpaired) electrons. The van der Waals surface area contributed by atoms with Crippen LogP contribution >= 0.6 is 0 Å². The van der Waals surface area contributed by atoms with Crippen LogP contribution in [0.15, 0.2) is 0 Å². The summed E-state index contributed by atoms with van der Waals surface area (Å²) in [5.74, 6) is 2.45. The third-order valence-corrected chi connectivity index (χ3v) is 6.79. The summed E-state index contributed by atoms with van der Waals surface area (Å²) in [4.78, 5) is 0. The topological polar surface area (TPSA) is 68.3 Å². The molecule has 2 heterocycles. The molecule has 2 fully saturated rings. The number of rotatable bonds is 0. The normalized spacial score (nSPS) is 35.4. The van der Waals surface area contributed by atoms with Crippen molar-refractivity contribution < 1.29 is 16.8 Å². The van der Waals surface area contributed by atoms with E-state index in [1.165, 1.54) is 0 Å². The molecule has 0 amide bonds. The van der Waals surface area contributed by atoms with E-state index in [0.717, 1.165) is 12.8 Å². The van der Waals surface area contributed by atoms with Crippen molar-refractivity contribution in [2.75, 3.05) is 23.0 Å². The lowest BCUT2D eigenvalue weighted by Gasteiger charge is -1.90. The fraction of sp³-hybridized carbons (Fsp3) is 1.00. The molecule has 2 aliphatic rings. The van der Waals surface area contributed by atoms with Crippen LogP contribution in [-0.2, 0) is 19.7 Å². The number of hydrogen-bond acceptors (Lipinski definition) is 4. The van der Waals surface area contributed by atoms with E-state index >= 15 is 0 Å². The summed E-state index contributed by atoms with van der Waals surface area (Å²) >= 11 is 0. The predicted molar refractivity (Wildman–Crippen MR) is 64.9 cm³/mol. The molecule has 0 bridgehead atoms. The van der Waals surface area contributed by atoms with E-state index in [2.05, 4.69) is 0 Å². The standard InChI is InChI=1S/2C5H10O2S/c2*1-5-2-3-8(6,7)4-5/h2*5H,2-4H2,1H3. The summed E-state index contributed by atoms with van der Waals surface area (Å²) in [6.07, 6.45) is 1.73. The largest absolute Gasteiger partial charge is 0.229 e. The Morgan fingerprint density at radius 2 is 1.06 bits per heavy atom. The van der Waals surface area contributed by atoms with Gasteiger partial charge >= 0.3 is 0 Å². The van der Waals surface area contributed by atoms with Crippen molar-refractivity contribution in [3.05, 3.63) is 0 Å². The molecule has 0 aromatic heterocycles. The van der Waals surface area contributed by atoms with Gasteiger partial charge in [0.2, 0.25) is 0 Å². The maximum atomic E-state index is 10.6. The lowest BCUT2D eigenvalue weighted by Crippen LogP contribution is -2.01. The SMILES string of the molecule is CC1CCS(=O)(=O)C1.CC1CCS(=O)(=O)C1. The highest BCUT2D eigenvalue weighted by molar-refractivity contribution is 7.91. The summed E-state index contributed by atoms with van der Waals surface area (Å²) in [6.45, 7) is 3.95. The highest BCUT2D eigenvalue weighted by Crippen LogP contribution is 2.16. The minimum Gasteiger partial charge on any atom is -0.229 e. The van der Waals surface area contributed by atoms with Gasteiger partial charge in [-0.2, -0.15) is 0 Å². The Bertz CT molecular complexity index is 380. The van der Waals surface area contributed by atoms with E-state index in [0.29, 0.717) is 34.8 Å². The minimum atomic E-state index is -2.60. The molecule has 0 spiro atoms. The van der Waals surface area contributed by atoms with Gasteiger partial charge in [-0.3, -0.25) is 0 Å². The monoisotopic (exact) mass is 268 g/mol. The van der Waals surface area contributed by atoms with Crippen molar-refractivity contribution in [2.45, 2.75) is 26.7 Å². The van der Waals surface area contributed by atoms with Crippen LogP contribution in [0, 0.1) is 11.8 Å². The second kappa shape index (κ2) is 5.04. The molecule has 4 nitrogen and oxygen atoms in total. The van der Waals surface area contributed by atoms with E-state index in [-0.39, 0.29) is 0 Å². The van der Waals surface area contributed by atoms with E-state index in [1.54, 1.807) is 0 Å². The Morgan fingerprint density at radius 1 is 0.750 bits per heavy atom. The molecule has 2 unspecified atom stereocenters. The zero-order chi connectivity index (χ0) is 12.4. The first kappa shape index (κ1) is 14.0. The molecule has 0 aliphatic carbocycles. The highest BCUT2D eigenvalue weighted by atomic mass is 32.2. The molecule has 96 valence electrons. The van der Waals surface area contributed by atoms with Crippen molar-refractivity contribution in [1.29, 1.82) is 0 Å². The van der Waals surface area contributed by atoms with Gasteiger partial charge in [-0.05, 0) is 24.7 Å². The van der Waals surface area contributed by atoms with E-state index in [1.807, 2.05) is 13.8 Å². The summed E-state index contributed by atoms with van der Waals surface area (Å²) < 4.78 is 42.6. The van der Waals surface area contributed by atoms with Crippen molar-refractivity contribution in [3.8, 4) is 0 Å². The molecule has 6 heteroatoms. The van der Waals surface area contributed by atoms with Crippen LogP contribution in [0.5, 0.6) is 0 Å². The second-order valence-electron chi connectivity index (χ2n) is 5.02. The van der Waals surface area contributed by atoms with Crippen LogP contribution < -0.4 is 0 Å². The Hall–Kier alpha value is -0.100. The molecule has 0 saturated carbocycles. The van der Waals surface area contributed by atoms with Gasteiger partial charge in [-0.15, -0.1) is 0 Å². The van der Waals surface area contributed by atoms with Crippen LogP contribution in [0.2, 0.25) is 0 Å². The lowest BCUT2D eigenvalue weighted by atomic mass is 10.2. The molecule has 0 aromatic carbocycles. The third-order valence-electron chi connectivity index (χ3n) is 2.92. The number of sulfone groups is 2. The van der Waals surface area contributed by atoms with E-state index < -0.39 is 19.7 Å². The van der Waals surface area contributed by atoms with Gasteiger partial charge in [0, 0.05) is 0 Å². The maximum Gasteiger partial charge on any atom is 0.150 e. The van der Waals surface area contributed by atoms with Crippen LogP contribution in [0.25, 0.3) is 0 Å². The molecular formula is C10H20O4S2. The Kier molecular flexibility index (Phi) is 4.40. The highest BCUT2D eigenvalue weighted by Gasteiger charge is 2.24. The van der Waals surface area contributed by atoms with Crippen LogP contribution in [0.3, 0.4) is 0 Å². The fourth-order valence-electron chi connectivity index (χ4n) is 1.96. The van der Waals surface area contributed by atoms with Crippen molar-refractivity contribution >= 4 is 19.7 Å². The molecule has 2 atom stereocenters. The molecule has 2 saturated heterocycles. The van der Waals surface area contributed by atoms with E-state index in [9.17, 15) is 16.8 Å². The summed E-state index contributed by atoms with van der Waals surface area (Å²) in [6, 6.07) is 0. The molecule has 2 aliphatic heterocycles.